The van der Waals surface area contributed by atoms with E-state index in [9.17, 15) is 14.4 Å². The van der Waals surface area contributed by atoms with Crippen molar-refractivity contribution >= 4 is 23.1 Å². The maximum atomic E-state index is 12.1. The largest absolute Gasteiger partial charge is 0.481 e. The zero-order chi connectivity index (χ0) is 17.8. The summed E-state index contributed by atoms with van der Waals surface area (Å²) in [7, 11) is 0. The minimum atomic E-state index is -0.575. The van der Waals surface area contributed by atoms with Crippen molar-refractivity contribution in [2.24, 2.45) is 0 Å². The molecule has 1 aliphatic rings. The van der Waals surface area contributed by atoms with Gasteiger partial charge in [-0.25, -0.2) is 4.79 Å². The fraction of sp³-hybridized carbons (Fsp3) is 0.150. The molecule has 0 N–H and O–H groups in total. The number of para-hydroxylation sites is 1. The summed E-state index contributed by atoms with van der Waals surface area (Å²) in [6.07, 6.45) is 1.32. The van der Waals surface area contributed by atoms with E-state index >= 15 is 0 Å². The van der Waals surface area contributed by atoms with Gasteiger partial charge in [0.15, 0.2) is 6.61 Å². The third-order valence-electron chi connectivity index (χ3n) is 3.79. The van der Waals surface area contributed by atoms with Crippen LogP contribution in [0.25, 0.3) is 5.57 Å². The first-order valence-electron chi connectivity index (χ1n) is 7.89. The number of benzene rings is 2. The number of rotatable bonds is 5. The first-order chi connectivity index (χ1) is 12.1. The van der Waals surface area contributed by atoms with Gasteiger partial charge in [-0.2, -0.15) is 0 Å². The second kappa shape index (κ2) is 7.13. The molecule has 3 rings (SSSR count). The average molecular weight is 336 g/mol. The first kappa shape index (κ1) is 16.6. The van der Waals surface area contributed by atoms with Crippen molar-refractivity contribution in [3.63, 3.8) is 0 Å². The standard InChI is InChI=1S/C20H16O5/c1-2-24-19(22)12-25-18-10-6-5-8-14(18)16-11-17(21)20(23)15-9-4-3-7-13(15)16/h3-11H,2,12H2,1H3. The maximum Gasteiger partial charge on any atom is 0.344 e. The lowest BCUT2D eigenvalue weighted by Gasteiger charge is -2.18. The van der Waals surface area contributed by atoms with Crippen molar-refractivity contribution in [3.8, 4) is 5.75 Å². The van der Waals surface area contributed by atoms with E-state index in [1.54, 1.807) is 55.5 Å². The zero-order valence-corrected chi connectivity index (χ0v) is 13.7. The van der Waals surface area contributed by atoms with Crippen molar-refractivity contribution < 1.29 is 23.9 Å². The molecule has 25 heavy (non-hydrogen) atoms. The Morgan fingerprint density at radius 2 is 1.56 bits per heavy atom. The van der Waals surface area contributed by atoms with Gasteiger partial charge in [0.25, 0.3) is 0 Å². The quantitative estimate of drug-likeness (QED) is 0.620. The molecular weight excluding hydrogens is 320 g/mol. The van der Waals surface area contributed by atoms with Crippen molar-refractivity contribution in [1.82, 2.24) is 0 Å². The lowest BCUT2D eigenvalue weighted by Crippen LogP contribution is -2.19. The number of allylic oxidation sites excluding steroid dienone is 1. The van der Waals surface area contributed by atoms with E-state index in [0.717, 1.165) is 0 Å². The highest BCUT2D eigenvalue weighted by Crippen LogP contribution is 2.35. The Bertz CT molecular complexity index is 879. The number of carbonyl (C=O) groups is 3. The molecule has 2 aromatic carbocycles. The lowest BCUT2D eigenvalue weighted by atomic mass is 9.85. The smallest absolute Gasteiger partial charge is 0.344 e. The van der Waals surface area contributed by atoms with E-state index in [-0.39, 0.29) is 13.2 Å². The summed E-state index contributed by atoms with van der Waals surface area (Å²) in [5, 5.41) is 0. The van der Waals surface area contributed by atoms with Crippen LogP contribution in [0.15, 0.2) is 54.6 Å². The fourth-order valence-corrected chi connectivity index (χ4v) is 2.70. The van der Waals surface area contributed by atoms with Gasteiger partial charge in [-0.15, -0.1) is 0 Å². The summed E-state index contributed by atoms with van der Waals surface area (Å²) in [4.78, 5) is 35.7. The molecule has 0 spiro atoms. The van der Waals surface area contributed by atoms with Crippen LogP contribution in [0.4, 0.5) is 0 Å². The van der Waals surface area contributed by atoms with Crippen LogP contribution >= 0.6 is 0 Å². The zero-order valence-electron chi connectivity index (χ0n) is 13.7. The van der Waals surface area contributed by atoms with Gasteiger partial charge in [-0.1, -0.05) is 42.5 Å². The predicted octanol–water partition coefficient (Wildman–Crippen LogP) is 2.83. The Morgan fingerprint density at radius 3 is 2.28 bits per heavy atom. The highest BCUT2D eigenvalue weighted by atomic mass is 16.6. The predicted molar refractivity (Wildman–Crippen MR) is 91.4 cm³/mol. The fourth-order valence-electron chi connectivity index (χ4n) is 2.70. The summed E-state index contributed by atoms with van der Waals surface area (Å²) < 4.78 is 10.4. The molecule has 0 unspecified atom stereocenters. The molecule has 0 atom stereocenters. The second-order valence-corrected chi connectivity index (χ2v) is 5.39. The summed E-state index contributed by atoms with van der Waals surface area (Å²) in [6.45, 7) is 1.77. The van der Waals surface area contributed by atoms with Crippen LogP contribution in [0.1, 0.15) is 28.4 Å². The molecule has 0 saturated heterocycles. The van der Waals surface area contributed by atoms with E-state index in [1.165, 1.54) is 6.08 Å². The summed E-state index contributed by atoms with van der Waals surface area (Å²) >= 11 is 0. The second-order valence-electron chi connectivity index (χ2n) is 5.39. The van der Waals surface area contributed by atoms with E-state index in [2.05, 4.69) is 0 Å². The average Bonchev–Trinajstić information content (AvgIpc) is 2.64. The molecule has 126 valence electrons. The van der Waals surface area contributed by atoms with Crippen LogP contribution in [-0.4, -0.2) is 30.7 Å². The van der Waals surface area contributed by atoms with Crippen LogP contribution in [-0.2, 0) is 14.3 Å². The number of hydrogen-bond acceptors (Lipinski definition) is 5. The SMILES string of the molecule is CCOC(=O)COc1ccccc1C1=CC(=O)C(=O)c2ccccc21. The monoisotopic (exact) mass is 336 g/mol. The van der Waals surface area contributed by atoms with Crippen LogP contribution in [0.3, 0.4) is 0 Å². The molecule has 0 aromatic heterocycles. The maximum absolute atomic E-state index is 12.1. The molecular formula is C20H16O5. The van der Waals surface area contributed by atoms with Gasteiger partial charge in [0.1, 0.15) is 5.75 Å². The molecule has 5 nitrogen and oxygen atoms in total. The summed E-state index contributed by atoms with van der Waals surface area (Å²) in [5.74, 6) is -1.13. The molecule has 0 saturated carbocycles. The van der Waals surface area contributed by atoms with Gasteiger partial charge in [0.2, 0.25) is 11.6 Å². The Morgan fingerprint density at radius 1 is 0.920 bits per heavy atom. The van der Waals surface area contributed by atoms with Gasteiger partial charge in [-0.3, -0.25) is 9.59 Å². The molecule has 1 aliphatic carbocycles. The molecule has 5 heteroatoms. The number of ether oxygens (including phenoxy) is 2. The minimum Gasteiger partial charge on any atom is -0.481 e. The van der Waals surface area contributed by atoms with Crippen molar-refractivity contribution in [1.29, 1.82) is 0 Å². The van der Waals surface area contributed by atoms with E-state index in [4.69, 9.17) is 9.47 Å². The molecule has 2 aromatic rings. The van der Waals surface area contributed by atoms with Crippen LogP contribution < -0.4 is 4.74 Å². The van der Waals surface area contributed by atoms with Crippen LogP contribution in [0.5, 0.6) is 5.75 Å². The third-order valence-corrected chi connectivity index (χ3v) is 3.79. The number of Topliss-reactive ketones (excluding diaryl/α,β-unsaturated/α-hetero) is 1. The Balaban J connectivity index is 1.99. The molecule has 0 fully saturated rings. The number of esters is 1. The lowest BCUT2D eigenvalue weighted by molar-refractivity contribution is -0.145. The van der Waals surface area contributed by atoms with Crippen LogP contribution in [0.2, 0.25) is 0 Å². The van der Waals surface area contributed by atoms with Gasteiger partial charge in [0, 0.05) is 11.1 Å². The Hall–Kier alpha value is -3.21. The van der Waals surface area contributed by atoms with E-state index in [1.807, 2.05) is 0 Å². The molecule has 0 bridgehead atoms. The number of hydrogen-bond donors (Lipinski definition) is 0. The molecule has 0 amide bonds. The number of fused-ring (bicyclic) bond motifs is 1. The molecule has 0 aliphatic heterocycles. The summed E-state index contributed by atoms with van der Waals surface area (Å²) in [6, 6.07) is 14.0. The third kappa shape index (κ3) is 3.35. The first-order valence-corrected chi connectivity index (χ1v) is 7.89. The minimum absolute atomic E-state index is 0.230. The van der Waals surface area contributed by atoms with E-state index in [0.29, 0.717) is 28.0 Å². The van der Waals surface area contributed by atoms with Gasteiger partial charge >= 0.3 is 5.97 Å². The van der Waals surface area contributed by atoms with Gasteiger partial charge < -0.3 is 9.47 Å². The molecule has 0 radical (unpaired) electrons. The normalized spacial score (nSPS) is 13.1. The van der Waals surface area contributed by atoms with Crippen molar-refractivity contribution in [2.75, 3.05) is 13.2 Å². The summed E-state index contributed by atoms with van der Waals surface area (Å²) in [5.41, 5.74) is 2.27. The highest BCUT2D eigenvalue weighted by Gasteiger charge is 2.27. The Kier molecular flexibility index (Phi) is 4.75. The van der Waals surface area contributed by atoms with Gasteiger partial charge in [-0.05, 0) is 30.2 Å². The van der Waals surface area contributed by atoms with Crippen LogP contribution in [0, 0.1) is 0 Å². The Labute approximate surface area is 144 Å². The van der Waals surface area contributed by atoms with E-state index < -0.39 is 17.5 Å². The topological polar surface area (TPSA) is 69.7 Å². The van der Waals surface area contributed by atoms with Crippen molar-refractivity contribution in [2.45, 2.75) is 6.92 Å². The number of carbonyl (C=O) groups excluding carboxylic acids is 3. The van der Waals surface area contributed by atoms with Crippen molar-refractivity contribution in [3.05, 3.63) is 71.3 Å². The molecule has 0 heterocycles. The van der Waals surface area contributed by atoms with Gasteiger partial charge in [0.05, 0.1) is 6.61 Å². The number of ketones is 2. The highest BCUT2D eigenvalue weighted by molar-refractivity contribution is 6.51.